The maximum Gasteiger partial charge on any atom is 0.219 e. The van der Waals surface area contributed by atoms with Crippen LogP contribution in [0, 0.1) is 0 Å². The largest absolute Gasteiger partial charge is 0.361 e. The van der Waals surface area contributed by atoms with Gasteiger partial charge < -0.3 is 9.88 Å². The zero-order chi connectivity index (χ0) is 13.9. The van der Waals surface area contributed by atoms with Gasteiger partial charge in [0.15, 0.2) is 0 Å². The van der Waals surface area contributed by atoms with Gasteiger partial charge in [0.2, 0.25) is 5.91 Å². The van der Waals surface area contributed by atoms with Crippen molar-refractivity contribution in [3.05, 3.63) is 36.0 Å². The highest BCUT2D eigenvalue weighted by atomic mass is 16.2. The van der Waals surface area contributed by atoms with Crippen LogP contribution in [0.4, 0.5) is 0 Å². The van der Waals surface area contributed by atoms with E-state index in [0.717, 1.165) is 39.1 Å². The Morgan fingerprint density at radius 1 is 1.20 bits per heavy atom. The van der Waals surface area contributed by atoms with Crippen molar-refractivity contribution in [1.29, 1.82) is 0 Å². The Morgan fingerprint density at radius 2 is 1.95 bits per heavy atom. The summed E-state index contributed by atoms with van der Waals surface area (Å²) in [5.41, 5.74) is 2.60. The van der Waals surface area contributed by atoms with Crippen LogP contribution < -0.4 is 0 Å². The Kier molecular flexibility index (Phi) is 3.74. The van der Waals surface area contributed by atoms with Crippen molar-refractivity contribution in [2.75, 3.05) is 32.7 Å². The maximum atomic E-state index is 11.3. The molecule has 1 aromatic carbocycles. The summed E-state index contributed by atoms with van der Waals surface area (Å²) in [6.45, 7) is 6.42. The van der Waals surface area contributed by atoms with Crippen LogP contribution >= 0.6 is 0 Å². The van der Waals surface area contributed by atoms with E-state index in [4.69, 9.17) is 0 Å². The number of nitrogens with one attached hydrogen (secondary N) is 1. The number of aromatic nitrogens is 1. The summed E-state index contributed by atoms with van der Waals surface area (Å²) in [6, 6.07) is 8.44. The molecule has 1 aliphatic rings. The van der Waals surface area contributed by atoms with Crippen LogP contribution in [-0.4, -0.2) is 53.4 Å². The second kappa shape index (κ2) is 5.67. The van der Waals surface area contributed by atoms with E-state index in [1.54, 1.807) is 6.92 Å². The standard InChI is InChI=1S/C16H21N3O/c1-13(20)19-10-8-18(9-11-19)7-6-14-12-17-16-5-3-2-4-15(14)16/h2-5,12,17H,6-11H2,1H3. The van der Waals surface area contributed by atoms with Gasteiger partial charge in [0, 0.05) is 56.7 Å². The molecule has 0 saturated carbocycles. The van der Waals surface area contributed by atoms with Crippen molar-refractivity contribution in [1.82, 2.24) is 14.8 Å². The summed E-state index contributed by atoms with van der Waals surface area (Å²) in [5.74, 6) is 0.196. The summed E-state index contributed by atoms with van der Waals surface area (Å²) < 4.78 is 0. The number of aromatic amines is 1. The average Bonchev–Trinajstić information content (AvgIpc) is 2.89. The number of benzene rings is 1. The number of fused-ring (bicyclic) bond motifs is 1. The number of carbonyl (C=O) groups excluding carboxylic acids is 1. The third-order valence-electron chi connectivity index (χ3n) is 4.19. The van der Waals surface area contributed by atoms with Crippen LogP contribution in [0.1, 0.15) is 12.5 Å². The number of hydrogen-bond donors (Lipinski definition) is 1. The zero-order valence-corrected chi connectivity index (χ0v) is 11.9. The molecule has 1 saturated heterocycles. The molecule has 2 aromatic rings. The number of nitrogens with zero attached hydrogens (tertiary/aromatic N) is 2. The number of hydrogen-bond acceptors (Lipinski definition) is 2. The van der Waals surface area contributed by atoms with E-state index in [0.29, 0.717) is 0 Å². The first kappa shape index (κ1) is 13.2. The molecule has 0 unspecified atom stereocenters. The molecule has 106 valence electrons. The quantitative estimate of drug-likeness (QED) is 0.925. The number of piperazine rings is 1. The molecule has 2 heterocycles. The lowest BCUT2D eigenvalue weighted by Crippen LogP contribution is -2.48. The molecule has 1 amide bonds. The summed E-state index contributed by atoms with van der Waals surface area (Å²) in [4.78, 5) is 19.0. The first-order chi connectivity index (χ1) is 9.74. The second-order valence-electron chi connectivity index (χ2n) is 5.46. The molecule has 3 rings (SSSR count). The number of carbonyl (C=O) groups is 1. The van der Waals surface area contributed by atoms with Gasteiger partial charge in [-0.3, -0.25) is 9.69 Å². The zero-order valence-electron chi connectivity index (χ0n) is 11.9. The van der Waals surface area contributed by atoms with E-state index in [2.05, 4.69) is 40.3 Å². The SMILES string of the molecule is CC(=O)N1CCN(CCc2c[nH]c3ccccc23)CC1. The van der Waals surface area contributed by atoms with Crippen molar-refractivity contribution < 1.29 is 4.79 Å². The number of para-hydroxylation sites is 1. The smallest absolute Gasteiger partial charge is 0.219 e. The molecule has 4 nitrogen and oxygen atoms in total. The molecule has 1 fully saturated rings. The van der Waals surface area contributed by atoms with Gasteiger partial charge in [-0.15, -0.1) is 0 Å². The van der Waals surface area contributed by atoms with Gasteiger partial charge in [0.05, 0.1) is 0 Å². The third kappa shape index (κ3) is 2.70. The highest BCUT2D eigenvalue weighted by Gasteiger charge is 2.18. The van der Waals surface area contributed by atoms with Gasteiger partial charge in [-0.05, 0) is 18.1 Å². The highest BCUT2D eigenvalue weighted by molar-refractivity contribution is 5.83. The molecule has 4 heteroatoms. The lowest BCUT2D eigenvalue weighted by Gasteiger charge is -2.34. The van der Waals surface area contributed by atoms with Crippen LogP contribution in [0.2, 0.25) is 0 Å². The maximum absolute atomic E-state index is 11.3. The summed E-state index contributed by atoms with van der Waals surface area (Å²) in [7, 11) is 0. The Morgan fingerprint density at radius 3 is 2.70 bits per heavy atom. The lowest BCUT2D eigenvalue weighted by molar-refractivity contribution is -0.130. The van der Waals surface area contributed by atoms with Gasteiger partial charge in [-0.2, -0.15) is 0 Å². The van der Waals surface area contributed by atoms with Crippen LogP contribution in [0.25, 0.3) is 10.9 Å². The molecule has 1 aliphatic heterocycles. The number of rotatable bonds is 3. The molecule has 0 aliphatic carbocycles. The van der Waals surface area contributed by atoms with E-state index in [9.17, 15) is 4.79 Å². The Labute approximate surface area is 119 Å². The van der Waals surface area contributed by atoms with Crippen LogP contribution in [-0.2, 0) is 11.2 Å². The molecule has 0 atom stereocenters. The molecule has 1 N–H and O–H groups in total. The molecule has 0 radical (unpaired) electrons. The number of H-pyrrole nitrogens is 1. The average molecular weight is 271 g/mol. The van der Waals surface area contributed by atoms with E-state index in [1.807, 2.05) is 4.90 Å². The third-order valence-corrected chi connectivity index (χ3v) is 4.19. The van der Waals surface area contributed by atoms with Gasteiger partial charge in [0.25, 0.3) is 0 Å². The topological polar surface area (TPSA) is 39.3 Å². The van der Waals surface area contributed by atoms with Crippen molar-refractivity contribution in [2.24, 2.45) is 0 Å². The Bertz CT molecular complexity index is 597. The van der Waals surface area contributed by atoms with Crippen LogP contribution in [0.3, 0.4) is 0 Å². The summed E-state index contributed by atoms with van der Waals surface area (Å²) >= 11 is 0. The minimum absolute atomic E-state index is 0.196. The normalized spacial score (nSPS) is 16.8. The van der Waals surface area contributed by atoms with Gasteiger partial charge in [-0.25, -0.2) is 0 Å². The minimum atomic E-state index is 0.196. The fraction of sp³-hybridized carbons (Fsp3) is 0.438. The van der Waals surface area contributed by atoms with Gasteiger partial charge >= 0.3 is 0 Å². The second-order valence-corrected chi connectivity index (χ2v) is 5.46. The predicted octanol–water partition coefficient (Wildman–Crippen LogP) is 1.87. The van der Waals surface area contributed by atoms with Crippen LogP contribution in [0.15, 0.2) is 30.5 Å². The molecule has 0 spiro atoms. The van der Waals surface area contributed by atoms with E-state index < -0.39 is 0 Å². The lowest BCUT2D eigenvalue weighted by atomic mass is 10.1. The Hall–Kier alpha value is -1.81. The summed E-state index contributed by atoms with van der Waals surface area (Å²) in [5, 5.41) is 1.33. The van der Waals surface area contributed by atoms with Crippen molar-refractivity contribution >= 4 is 16.8 Å². The van der Waals surface area contributed by atoms with Gasteiger partial charge in [-0.1, -0.05) is 18.2 Å². The monoisotopic (exact) mass is 271 g/mol. The van der Waals surface area contributed by atoms with E-state index >= 15 is 0 Å². The molecular formula is C16H21N3O. The van der Waals surface area contributed by atoms with Crippen molar-refractivity contribution in [2.45, 2.75) is 13.3 Å². The highest BCUT2D eigenvalue weighted by Crippen LogP contribution is 2.18. The van der Waals surface area contributed by atoms with Gasteiger partial charge in [0.1, 0.15) is 0 Å². The first-order valence-corrected chi connectivity index (χ1v) is 7.27. The van der Waals surface area contributed by atoms with Crippen molar-refractivity contribution in [3.63, 3.8) is 0 Å². The molecular weight excluding hydrogens is 250 g/mol. The Balaban J connectivity index is 1.57. The fourth-order valence-electron chi connectivity index (χ4n) is 2.90. The predicted molar refractivity (Wildman–Crippen MR) is 80.7 cm³/mol. The first-order valence-electron chi connectivity index (χ1n) is 7.27. The fourth-order valence-corrected chi connectivity index (χ4v) is 2.90. The molecule has 20 heavy (non-hydrogen) atoms. The van der Waals surface area contributed by atoms with E-state index in [-0.39, 0.29) is 5.91 Å². The molecule has 1 aromatic heterocycles. The van der Waals surface area contributed by atoms with Crippen LogP contribution in [0.5, 0.6) is 0 Å². The van der Waals surface area contributed by atoms with E-state index in [1.165, 1.54) is 16.5 Å². The molecule has 0 bridgehead atoms. The number of amides is 1. The summed E-state index contributed by atoms with van der Waals surface area (Å²) in [6.07, 6.45) is 3.18. The minimum Gasteiger partial charge on any atom is -0.361 e. The van der Waals surface area contributed by atoms with Crippen molar-refractivity contribution in [3.8, 4) is 0 Å².